The summed E-state index contributed by atoms with van der Waals surface area (Å²) in [6.07, 6.45) is 3.46. The summed E-state index contributed by atoms with van der Waals surface area (Å²) in [5, 5.41) is 20.5. The fourth-order valence-corrected chi connectivity index (χ4v) is 3.73. The molecule has 2 heterocycles. The molecule has 1 N–H and O–H groups in total. The van der Waals surface area contributed by atoms with Gasteiger partial charge >= 0.3 is 0 Å². The van der Waals surface area contributed by atoms with Crippen molar-refractivity contribution in [2.24, 2.45) is 5.10 Å². The van der Waals surface area contributed by atoms with Crippen LogP contribution in [-0.4, -0.2) is 25.4 Å². The third-order valence-electron chi connectivity index (χ3n) is 5.37. The lowest BCUT2D eigenvalue weighted by Gasteiger charge is -2.12. The molecule has 0 saturated heterocycles. The number of hydrazone groups is 1. The van der Waals surface area contributed by atoms with E-state index in [-0.39, 0.29) is 5.69 Å². The lowest BCUT2D eigenvalue weighted by molar-refractivity contribution is -0.384. The monoisotopic (exact) mass is 460 g/mol. The number of anilines is 1. The summed E-state index contributed by atoms with van der Waals surface area (Å²) in [4.78, 5) is 15.0. The van der Waals surface area contributed by atoms with Crippen molar-refractivity contribution >= 4 is 17.2 Å². The molecule has 8 nitrogen and oxygen atoms in total. The molecule has 0 spiro atoms. The van der Waals surface area contributed by atoms with Crippen molar-refractivity contribution in [1.29, 1.82) is 0 Å². The normalized spacial score (nSPS) is 11.3. The minimum absolute atomic E-state index is 0.0217. The van der Waals surface area contributed by atoms with Crippen molar-refractivity contribution in [3.63, 3.8) is 0 Å². The highest BCUT2D eigenvalue weighted by Crippen LogP contribution is 2.29. The molecular formula is C27H20N6O2. The lowest BCUT2D eigenvalue weighted by Crippen LogP contribution is -2.09. The van der Waals surface area contributed by atoms with Gasteiger partial charge in [-0.25, -0.2) is 9.67 Å². The average molecular weight is 460 g/mol. The Balaban J connectivity index is 1.68. The first-order chi connectivity index (χ1) is 17.2. The molecule has 0 saturated carbocycles. The number of aromatic nitrogens is 3. The van der Waals surface area contributed by atoms with Crippen molar-refractivity contribution in [1.82, 2.24) is 14.8 Å². The second kappa shape index (κ2) is 9.80. The summed E-state index contributed by atoms with van der Waals surface area (Å²) >= 11 is 0. The van der Waals surface area contributed by atoms with Crippen molar-refractivity contribution in [2.75, 3.05) is 5.43 Å². The maximum atomic E-state index is 11.1. The van der Waals surface area contributed by atoms with Crippen LogP contribution in [0.2, 0.25) is 0 Å². The Morgan fingerprint density at radius 1 is 0.857 bits per heavy atom. The number of nitro groups is 1. The van der Waals surface area contributed by atoms with Crippen LogP contribution in [0.1, 0.15) is 11.1 Å². The van der Waals surface area contributed by atoms with Gasteiger partial charge in [-0.3, -0.25) is 15.5 Å². The van der Waals surface area contributed by atoms with Gasteiger partial charge in [-0.15, -0.1) is 0 Å². The third kappa shape index (κ3) is 4.67. The van der Waals surface area contributed by atoms with Crippen LogP contribution in [0.4, 0.5) is 11.5 Å². The van der Waals surface area contributed by atoms with Gasteiger partial charge in [0.15, 0.2) is 0 Å². The van der Waals surface area contributed by atoms with Gasteiger partial charge in [0.25, 0.3) is 5.69 Å². The molecule has 8 heteroatoms. The number of nitrogens with one attached hydrogen (secondary N) is 1. The number of nitro benzene ring substituents is 1. The Morgan fingerprint density at radius 2 is 1.54 bits per heavy atom. The van der Waals surface area contributed by atoms with E-state index in [4.69, 9.17) is 5.10 Å². The van der Waals surface area contributed by atoms with E-state index in [1.807, 2.05) is 78.9 Å². The summed E-state index contributed by atoms with van der Waals surface area (Å²) in [6, 6.07) is 31.6. The van der Waals surface area contributed by atoms with Crippen molar-refractivity contribution in [3.05, 3.63) is 137 Å². The fourth-order valence-electron chi connectivity index (χ4n) is 3.73. The number of hydrogen-bond acceptors (Lipinski definition) is 6. The molecule has 0 bridgehead atoms. The Kier molecular flexibility index (Phi) is 6.08. The molecular weight excluding hydrogens is 440 g/mol. The highest BCUT2D eigenvalue weighted by molar-refractivity contribution is 6.16. The van der Waals surface area contributed by atoms with E-state index in [1.54, 1.807) is 29.2 Å². The Labute approximate surface area is 201 Å². The zero-order valence-electron chi connectivity index (χ0n) is 18.5. The van der Waals surface area contributed by atoms with Gasteiger partial charge in [-0.05, 0) is 24.3 Å². The first-order valence-corrected chi connectivity index (χ1v) is 10.9. The maximum absolute atomic E-state index is 11.1. The molecule has 2 aromatic heterocycles. The Bertz CT molecular complexity index is 1470. The molecule has 35 heavy (non-hydrogen) atoms. The zero-order chi connectivity index (χ0) is 24.0. The number of pyridine rings is 1. The topological polar surface area (TPSA) is 98.2 Å². The summed E-state index contributed by atoms with van der Waals surface area (Å²) in [5.41, 5.74) is 7.89. The van der Waals surface area contributed by atoms with E-state index in [1.165, 1.54) is 12.1 Å². The van der Waals surface area contributed by atoms with Crippen LogP contribution in [0.5, 0.6) is 0 Å². The minimum atomic E-state index is -0.417. The van der Waals surface area contributed by atoms with Gasteiger partial charge in [0.2, 0.25) is 0 Å². The van der Waals surface area contributed by atoms with Crippen LogP contribution in [-0.2, 0) is 0 Å². The molecule has 0 aliphatic carbocycles. The molecule has 0 unspecified atom stereocenters. The van der Waals surface area contributed by atoms with E-state index >= 15 is 0 Å². The van der Waals surface area contributed by atoms with Gasteiger partial charge < -0.3 is 0 Å². The first kappa shape index (κ1) is 21.7. The quantitative estimate of drug-likeness (QED) is 0.191. The zero-order valence-corrected chi connectivity index (χ0v) is 18.5. The largest absolute Gasteiger partial charge is 0.269 e. The smallest absolute Gasteiger partial charge is 0.261 e. The van der Waals surface area contributed by atoms with E-state index in [9.17, 15) is 10.1 Å². The highest BCUT2D eigenvalue weighted by atomic mass is 16.6. The van der Waals surface area contributed by atoms with E-state index in [0.29, 0.717) is 17.2 Å². The summed E-state index contributed by atoms with van der Waals surface area (Å²) < 4.78 is 1.77. The predicted octanol–water partition coefficient (Wildman–Crippen LogP) is 5.71. The Hall–Kier alpha value is -5.11. The number of nitrogens with zero attached hydrogens (tertiary/aromatic N) is 5. The Morgan fingerprint density at radius 3 is 2.20 bits per heavy atom. The summed E-state index contributed by atoms with van der Waals surface area (Å²) in [6.45, 7) is 0. The molecule has 0 aliphatic heterocycles. The van der Waals surface area contributed by atoms with E-state index < -0.39 is 4.92 Å². The molecule has 0 amide bonds. The second-order valence-electron chi connectivity index (χ2n) is 7.61. The number of benzene rings is 3. The summed E-state index contributed by atoms with van der Waals surface area (Å²) in [5.74, 6) is 0.616. The van der Waals surface area contributed by atoms with Crippen molar-refractivity contribution in [2.45, 2.75) is 0 Å². The van der Waals surface area contributed by atoms with Crippen LogP contribution in [0.3, 0.4) is 0 Å². The fraction of sp³-hybridized carbons (Fsp3) is 0. The van der Waals surface area contributed by atoms with E-state index in [2.05, 4.69) is 15.5 Å². The molecule has 0 aliphatic rings. The number of rotatable bonds is 7. The first-order valence-electron chi connectivity index (χ1n) is 10.9. The van der Waals surface area contributed by atoms with Crippen molar-refractivity contribution in [3.8, 4) is 16.9 Å². The van der Waals surface area contributed by atoms with Crippen LogP contribution in [0.25, 0.3) is 16.9 Å². The van der Waals surface area contributed by atoms with Crippen LogP contribution < -0.4 is 5.43 Å². The average Bonchev–Trinajstić information content (AvgIpc) is 3.35. The van der Waals surface area contributed by atoms with Gasteiger partial charge in [0, 0.05) is 35.0 Å². The SMILES string of the molecule is O=[N+]([O-])c1ccc(-n2ncc(C(=NNc3ccccn3)c3ccccc3)c2-c2ccccc2)cc1. The molecule has 5 rings (SSSR count). The lowest BCUT2D eigenvalue weighted by atomic mass is 9.99. The molecule has 0 atom stereocenters. The molecule has 170 valence electrons. The minimum Gasteiger partial charge on any atom is -0.261 e. The van der Waals surface area contributed by atoms with Crippen LogP contribution >= 0.6 is 0 Å². The predicted molar refractivity (Wildman–Crippen MR) is 136 cm³/mol. The van der Waals surface area contributed by atoms with Crippen LogP contribution in [0, 0.1) is 10.1 Å². The summed E-state index contributed by atoms with van der Waals surface area (Å²) in [7, 11) is 0. The van der Waals surface area contributed by atoms with Crippen molar-refractivity contribution < 1.29 is 4.92 Å². The van der Waals surface area contributed by atoms with Crippen LogP contribution in [0.15, 0.2) is 121 Å². The van der Waals surface area contributed by atoms with Gasteiger partial charge in [-0.2, -0.15) is 10.2 Å². The number of hydrogen-bond donors (Lipinski definition) is 1. The van der Waals surface area contributed by atoms with Gasteiger partial charge in [0.1, 0.15) is 11.5 Å². The second-order valence-corrected chi connectivity index (χ2v) is 7.61. The standard InChI is InChI=1S/C27H20N6O2/c34-33(35)23-16-14-22(15-17-23)32-27(21-11-5-2-6-12-21)24(19-29-32)26(20-9-3-1-4-10-20)31-30-25-13-7-8-18-28-25/h1-19H,(H,28,30). The third-order valence-corrected chi connectivity index (χ3v) is 5.37. The van der Waals surface area contributed by atoms with Gasteiger partial charge in [0.05, 0.1) is 22.5 Å². The molecule has 0 fully saturated rings. The van der Waals surface area contributed by atoms with Gasteiger partial charge in [-0.1, -0.05) is 66.7 Å². The highest BCUT2D eigenvalue weighted by Gasteiger charge is 2.20. The number of non-ortho nitro benzene ring substituents is 1. The molecule has 0 radical (unpaired) electrons. The maximum Gasteiger partial charge on any atom is 0.269 e. The van der Waals surface area contributed by atoms with E-state index in [0.717, 1.165) is 22.4 Å². The molecule has 5 aromatic rings. The molecule has 3 aromatic carbocycles.